The van der Waals surface area contributed by atoms with Gasteiger partial charge in [-0.25, -0.2) is 23.5 Å². The standard InChI is InChI=1S/C29H34F2N6O6S/c1-6-36(5)44(39,40)35-22-10-8-21(30)26(20(22)16-32)42-19-7-9-23-24(15-19)34-25(17-33-23)41-18-29(31)11-13-37(14-12-29)27(38)43-28(2,3)4/h7-10,15,17,35H,6,11-14,18H2,1-5H3. The Hall–Kier alpha value is -4.29. The highest BCUT2D eigenvalue weighted by molar-refractivity contribution is 7.90. The zero-order valence-corrected chi connectivity index (χ0v) is 25.9. The lowest BCUT2D eigenvalue weighted by atomic mass is 9.94. The number of anilines is 1. The Morgan fingerprint density at radius 1 is 1.20 bits per heavy atom. The lowest BCUT2D eigenvalue weighted by Crippen LogP contribution is -2.48. The molecule has 1 fully saturated rings. The van der Waals surface area contributed by atoms with Crippen molar-refractivity contribution in [2.45, 2.75) is 51.8 Å². The number of amides is 1. The first kappa shape index (κ1) is 32.6. The lowest BCUT2D eigenvalue weighted by Gasteiger charge is -2.36. The molecule has 1 aliphatic rings. The van der Waals surface area contributed by atoms with Crippen molar-refractivity contribution in [3.63, 3.8) is 0 Å². The predicted molar refractivity (Wildman–Crippen MR) is 158 cm³/mol. The van der Waals surface area contributed by atoms with Gasteiger partial charge >= 0.3 is 16.3 Å². The van der Waals surface area contributed by atoms with Gasteiger partial charge < -0.3 is 19.1 Å². The van der Waals surface area contributed by atoms with E-state index in [4.69, 9.17) is 14.2 Å². The van der Waals surface area contributed by atoms with E-state index in [1.54, 1.807) is 39.8 Å². The molecule has 4 rings (SSSR count). The van der Waals surface area contributed by atoms with E-state index in [0.29, 0.717) is 5.52 Å². The molecule has 0 saturated carbocycles. The number of nitriles is 1. The molecule has 3 aromatic rings. The SMILES string of the molecule is CCN(C)S(=O)(=O)Nc1ccc(F)c(Oc2ccc3ncc(OCC4(F)CCN(C(=O)OC(C)(C)C)CC4)nc3c2)c1C#N. The van der Waals surface area contributed by atoms with Gasteiger partial charge in [0.1, 0.15) is 35.3 Å². The van der Waals surface area contributed by atoms with Crippen molar-refractivity contribution in [2.24, 2.45) is 0 Å². The zero-order valence-electron chi connectivity index (χ0n) is 25.1. The number of alkyl halides is 1. The molecule has 0 spiro atoms. The first-order valence-electron chi connectivity index (χ1n) is 13.8. The summed E-state index contributed by atoms with van der Waals surface area (Å²) in [5.74, 6) is -1.24. The Balaban J connectivity index is 1.47. The number of nitrogens with one attached hydrogen (secondary N) is 1. The molecule has 44 heavy (non-hydrogen) atoms. The molecule has 2 heterocycles. The fourth-order valence-electron chi connectivity index (χ4n) is 4.23. The number of carbonyl (C=O) groups is 1. The highest BCUT2D eigenvalue weighted by atomic mass is 32.2. The predicted octanol–water partition coefficient (Wildman–Crippen LogP) is 5.16. The van der Waals surface area contributed by atoms with Crippen LogP contribution >= 0.6 is 0 Å². The maximum atomic E-state index is 15.5. The molecule has 0 aliphatic carbocycles. The Kier molecular flexibility index (Phi) is 9.45. The molecule has 1 amide bonds. The number of rotatable bonds is 9. The van der Waals surface area contributed by atoms with Gasteiger partial charge in [0.25, 0.3) is 0 Å². The van der Waals surface area contributed by atoms with E-state index in [1.807, 2.05) is 0 Å². The molecule has 1 saturated heterocycles. The van der Waals surface area contributed by atoms with Gasteiger partial charge in [0.05, 0.1) is 22.9 Å². The summed E-state index contributed by atoms with van der Waals surface area (Å²) in [6.07, 6.45) is 0.973. The van der Waals surface area contributed by atoms with Gasteiger partial charge in [-0.15, -0.1) is 0 Å². The molecular formula is C29H34F2N6O6S. The molecule has 12 nitrogen and oxygen atoms in total. The third-order valence-electron chi connectivity index (χ3n) is 6.82. The van der Waals surface area contributed by atoms with Crippen molar-refractivity contribution < 1.29 is 36.2 Å². The molecule has 0 radical (unpaired) electrons. The Morgan fingerprint density at radius 2 is 1.91 bits per heavy atom. The van der Waals surface area contributed by atoms with E-state index in [-0.39, 0.29) is 67.5 Å². The maximum absolute atomic E-state index is 15.5. The van der Waals surface area contributed by atoms with Crippen molar-refractivity contribution in [3.8, 4) is 23.4 Å². The number of benzene rings is 2. The molecular weight excluding hydrogens is 598 g/mol. The minimum absolute atomic E-state index is 0.0431. The zero-order chi connectivity index (χ0) is 32.3. The average Bonchev–Trinajstić information content (AvgIpc) is 2.96. The quantitative estimate of drug-likeness (QED) is 0.338. The van der Waals surface area contributed by atoms with Crippen LogP contribution < -0.4 is 14.2 Å². The van der Waals surface area contributed by atoms with Gasteiger partial charge in [0, 0.05) is 45.6 Å². The molecule has 0 bridgehead atoms. The summed E-state index contributed by atoms with van der Waals surface area (Å²) in [5.41, 5.74) is -2.12. The van der Waals surface area contributed by atoms with Gasteiger partial charge in [-0.3, -0.25) is 4.72 Å². The van der Waals surface area contributed by atoms with Gasteiger partial charge in [0.15, 0.2) is 11.6 Å². The number of carbonyl (C=O) groups excluding carboxylic acids is 1. The van der Waals surface area contributed by atoms with Gasteiger partial charge in [-0.05, 0) is 45.0 Å². The molecule has 236 valence electrons. The fourth-order valence-corrected chi connectivity index (χ4v) is 5.17. The van der Waals surface area contributed by atoms with Crippen LogP contribution in [0.15, 0.2) is 36.5 Å². The van der Waals surface area contributed by atoms with Crippen LogP contribution in [-0.4, -0.2) is 78.2 Å². The molecule has 0 unspecified atom stereocenters. The topological polar surface area (TPSA) is 147 Å². The Labute approximate surface area is 254 Å². The third-order valence-corrected chi connectivity index (χ3v) is 8.37. The largest absolute Gasteiger partial charge is 0.473 e. The minimum atomic E-state index is -3.99. The number of halogens is 2. The highest BCUT2D eigenvalue weighted by Gasteiger charge is 2.38. The highest BCUT2D eigenvalue weighted by Crippen LogP contribution is 2.35. The number of hydrogen-bond donors (Lipinski definition) is 1. The first-order valence-corrected chi connectivity index (χ1v) is 15.3. The number of hydrogen-bond acceptors (Lipinski definition) is 9. The second-order valence-corrected chi connectivity index (χ2v) is 13.1. The van der Waals surface area contributed by atoms with E-state index in [2.05, 4.69) is 14.7 Å². The van der Waals surface area contributed by atoms with Crippen molar-refractivity contribution in [1.29, 1.82) is 5.26 Å². The van der Waals surface area contributed by atoms with Crippen LogP contribution in [-0.2, 0) is 14.9 Å². The Bertz CT molecular complexity index is 1680. The average molecular weight is 633 g/mol. The summed E-state index contributed by atoms with van der Waals surface area (Å²) < 4.78 is 75.3. The molecule has 1 N–H and O–H groups in total. The summed E-state index contributed by atoms with van der Waals surface area (Å²) in [6.45, 7) is 7.15. The fraction of sp³-hybridized carbons (Fsp3) is 0.448. The van der Waals surface area contributed by atoms with E-state index in [1.165, 1.54) is 30.3 Å². The lowest BCUT2D eigenvalue weighted by molar-refractivity contribution is -0.00970. The Morgan fingerprint density at radius 3 is 2.55 bits per heavy atom. The molecule has 1 aromatic heterocycles. The molecule has 2 aromatic carbocycles. The summed E-state index contributed by atoms with van der Waals surface area (Å²) in [7, 11) is -2.64. The summed E-state index contributed by atoms with van der Waals surface area (Å²) >= 11 is 0. The number of fused-ring (bicyclic) bond motifs is 1. The van der Waals surface area contributed by atoms with Crippen molar-refractivity contribution in [3.05, 3.63) is 47.9 Å². The van der Waals surface area contributed by atoms with Crippen LogP contribution in [0, 0.1) is 17.1 Å². The van der Waals surface area contributed by atoms with E-state index in [9.17, 15) is 22.9 Å². The van der Waals surface area contributed by atoms with E-state index in [0.717, 1.165) is 16.4 Å². The normalized spacial score (nSPS) is 15.1. The summed E-state index contributed by atoms with van der Waals surface area (Å²) in [6, 6.07) is 8.38. The van der Waals surface area contributed by atoms with Crippen LogP contribution in [0.3, 0.4) is 0 Å². The number of likely N-dealkylation sites (tertiary alicyclic amines) is 1. The van der Waals surface area contributed by atoms with Gasteiger partial charge in [0.2, 0.25) is 5.88 Å². The van der Waals surface area contributed by atoms with Crippen LogP contribution in [0.4, 0.5) is 19.3 Å². The number of ether oxygens (including phenoxy) is 3. The van der Waals surface area contributed by atoms with Crippen LogP contribution in [0.25, 0.3) is 11.0 Å². The smallest absolute Gasteiger partial charge is 0.410 e. The van der Waals surface area contributed by atoms with E-state index < -0.39 is 39.1 Å². The van der Waals surface area contributed by atoms with Crippen LogP contribution in [0.1, 0.15) is 46.1 Å². The van der Waals surface area contributed by atoms with Crippen molar-refractivity contribution in [2.75, 3.05) is 38.0 Å². The van der Waals surface area contributed by atoms with Crippen LogP contribution in [0.5, 0.6) is 17.4 Å². The molecule has 1 aliphatic heterocycles. The van der Waals surface area contributed by atoms with Gasteiger partial charge in [-0.2, -0.15) is 18.0 Å². The molecule has 15 heteroatoms. The second kappa shape index (κ2) is 12.7. The second-order valence-electron chi connectivity index (χ2n) is 11.3. The monoisotopic (exact) mass is 632 g/mol. The summed E-state index contributed by atoms with van der Waals surface area (Å²) in [4.78, 5) is 22.4. The number of piperidine rings is 1. The number of aromatic nitrogens is 2. The minimum Gasteiger partial charge on any atom is -0.473 e. The van der Waals surface area contributed by atoms with Gasteiger partial charge in [-0.1, -0.05) is 6.92 Å². The first-order chi connectivity index (χ1) is 20.6. The van der Waals surface area contributed by atoms with Crippen molar-refractivity contribution >= 4 is 33.0 Å². The maximum Gasteiger partial charge on any atom is 0.410 e. The molecule has 0 atom stereocenters. The third kappa shape index (κ3) is 7.80. The number of nitrogens with zero attached hydrogens (tertiary/aromatic N) is 5. The van der Waals surface area contributed by atoms with Crippen LogP contribution in [0.2, 0.25) is 0 Å². The van der Waals surface area contributed by atoms with Crippen molar-refractivity contribution in [1.82, 2.24) is 19.2 Å². The summed E-state index contributed by atoms with van der Waals surface area (Å²) in [5, 5.41) is 9.74. The van der Waals surface area contributed by atoms with E-state index >= 15 is 4.39 Å².